The number of ether oxygens (including phenoxy) is 2. The first-order valence-electron chi connectivity index (χ1n) is 3.71. The third-order valence-corrected chi connectivity index (χ3v) is 2.86. The lowest BCUT2D eigenvalue weighted by molar-refractivity contribution is 0.173. The molecule has 1 N–H and O–H groups in total. The van der Waals surface area contributed by atoms with Crippen molar-refractivity contribution in [1.29, 1.82) is 0 Å². The summed E-state index contributed by atoms with van der Waals surface area (Å²) in [6.07, 6.45) is 0. The van der Waals surface area contributed by atoms with Crippen molar-refractivity contribution in [3.63, 3.8) is 0 Å². The van der Waals surface area contributed by atoms with E-state index >= 15 is 0 Å². The molecule has 0 aromatic heterocycles. The highest BCUT2D eigenvalue weighted by molar-refractivity contribution is 9.10. The molecule has 13 heavy (non-hydrogen) atoms. The maximum absolute atomic E-state index is 9.37. The van der Waals surface area contributed by atoms with Gasteiger partial charge in [-0.15, -0.1) is 9.24 Å². The van der Waals surface area contributed by atoms with Gasteiger partial charge in [-0.05, 0) is 12.1 Å². The summed E-state index contributed by atoms with van der Waals surface area (Å²) in [6, 6.07) is 3.56. The molecule has 1 heterocycles. The van der Waals surface area contributed by atoms with E-state index in [1.54, 1.807) is 12.1 Å². The van der Waals surface area contributed by atoms with E-state index < -0.39 is 5.85 Å². The van der Waals surface area contributed by atoms with Crippen LogP contribution in [0.2, 0.25) is 0 Å². The fourth-order valence-corrected chi connectivity index (χ4v) is 2.24. The van der Waals surface area contributed by atoms with Crippen LogP contribution in [0.25, 0.3) is 0 Å². The van der Waals surface area contributed by atoms with E-state index in [4.69, 9.17) is 9.47 Å². The Bertz CT molecular complexity index is 340. The Labute approximate surface area is 86.4 Å². The minimum absolute atomic E-state index is 0.248. The first kappa shape index (κ1) is 9.25. The van der Waals surface area contributed by atoms with Crippen LogP contribution in [0.3, 0.4) is 0 Å². The molecule has 1 aromatic rings. The molecule has 0 saturated carbocycles. The largest absolute Gasteiger partial charge is 0.454 e. The average molecular weight is 263 g/mol. The van der Waals surface area contributed by atoms with Gasteiger partial charge in [-0.25, -0.2) is 0 Å². The molecule has 2 rings (SSSR count). The fourth-order valence-electron chi connectivity index (χ4n) is 1.16. The average Bonchev–Trinajstić information content (AvgIpc) is 2.48. The molecule has 2 unspecified atom stereocenters. The quantitative estimate of drug-likeness (QED) is 0.788. The van der Waals surface area contributed by atoms with Gasteiger partial charge in [0.15, 0.2) is 11.5 Å². The van der Waals surface area contributed by atoms with Crippen molar-refractivity contribution >= 4 is 25.2 Å². The first-order chi connectivity index (χ1) is 6.18. The minimum Gasteiger partial charge on any atom is -0.454 e. The molecular weight excluding hydrogens is 255 g/mol. The third kappa shape index (κ3) is 1.66. The number of aliphatic hydroxyl groups is 1. The summed E-state index contributed by atoms with van der Waals surface area (Å²) in [4.78, 5) is 0. The summed E-state index contributed by atoms with van der Waals surface area (Å²) < 4.78 is 11.2. The number of halogens is 1. The molecule has 1 aliphatic heterocycles. The van der Waals surface area contributed by atoms with Crippen LogP contribution in [0.5, 0.6) is 11.5 Å². The number of aliphatic hydroxyl groups excluding tert-OH is 1. The molecule has 2 atom stereocenters. The Morgan fingerprint density at radius 2 is 2.00 bits per heavy atom. The van der Waals surface area contributed by atoms with Crippen LogP contribution in [0.1, 0.15) is 11.4 Å². The monoisotopic (exact) mass is 262 g/mol. The number of benzene rings is 1. The highest BCUT2D eigenvalue weighted by Crippen LogP contribution is 2.40. The highest BCUT2D eigenvalue weighted by atomic mass is 79.9. The predicted molar refractivity (Wildman–Crippen MR) is 54.9 cm³/mol. The second-order valence-electron chi connectivity index (χ2n) is 2.67. The minimum atomic E-state index is -0.594. The first-order valence-corrected chi connectivity index (χ1v) is 5.17. The normalized spacial score (nSPS) is 15.9. The molecule has 0 amide bonds. The molecule has 3 nitrogen and oxygen atoms in total. The lowest BCUT2D eigenvalue weighted by Gasteiger charge is -2.08. The van der Waals surface area contributed by atoms with Crippen molar-refractivity contribution < 1.29 is 14.6 Å². The van der Waals surface area contributed by atoms with Crippen molar-refractivity contribution in [1.82, 2.24) is 0 Å². The number of rotatable bonds is 1. The number of fused-ring (bicyclic) bond motifs is 1. The van der Waals surface area contributed by atoms with Gasteiger partial charge >= 0.3 is 0 Å². The van der Waals surface area contributed by atoms with Crippen molar-refractivity contribution in [3.8, 4) is 11.5 Å². The highest BCUT2D eigenvalue weighted by Gasteiger charge is 2.17. The van der Waals surface area contributed by atoms with Crippen molar-refractivity contribution in [2.75, 3.05) is 6.79 Å². The van der Waals surface area contributed by atoms with Gasteiger partial charge in [0.25, 0.3) is 0 Å². The summed E-state index contributed by atoms with van der Waals surface area (Å²) in [7, 11) is 2.32. The molecule has 0 spiro atoms. The lowest BCUT2D eigenvalue weighted by Crippen LogP contribution is -1.93. The maximum atomic E-state index is 9.37. The van der Waals surface area contributed by atoms with Crippen molar-refractivity contribution in [2.24, 2.45) is 0 Å². The van der Waals surface area contributed by atoms with E-state index in [1.807, 2.05) is 0 Å². The zero-order chi connectivity index (χ0) is 9.42. The fraction of sp³-hybridized carbons (Fsp3) is 0.250. The Kier molecular flexibility index (Phi) is 2.45. The second-order valence-corrected chi connectivity index (χ2v) is 4.16. The lowest BCUT2D eigenvalue weighted by atomic mass is 10.2. The van der Waals surface area contributed by atoms with Gasteiger partial charge in [-0.3, -0.25) is 0 Å². The molecule has 1 aliphatic rings. The smallest absolute Gasteiger partial charge is 0.231 e. The summed E-state index contributed by atoms with van der Waals surface area (Å²) in [5.74, 6) is 0.796. The molecule has 0 bridgehead atoms. The third-order valence-electron chi connectivity index (χ3n) is 1.81. The van der Waals surface area contributed by atoms with Crippen molar-refractivity contribution in [3.05, 3.63) is 22.2 Å². The van der Waals surface area contributed by atoms with E-state index in [0.717, 1.165) is 10.0 Å². The SMILES string of the molecule is OC(P)c1cc2c(cc1Br)OCO2. The van der Waals surface area contributed by atoms with E-state index in [1.165, 1.54) is 0 Å². The topological polar surface area (TPSA) is 38.7 Å². The second kappa shape index (κ2) is 3.45. The van der Waals surface area contributed by atoms with Gasteiger partial charge in [0.05, 0.1) is 5.85 Å². The Morgan fingerprint density at radius 3 is 2.62 bits per heavy atom. The molecule has 1 aromatic carbocycles. The van der Waals surface area contributed by atoms with E-state index in [9.17, 15) is 5.11 Å². The van der Waals surface area contributed by atoms with Gasteiger partial charge in [0.2, 0.25) is 6.79 Å². The van der Waals surface area contributed by atoms with Gasteiger partial charge in [-0.2, -0.15) is 0 Å². The number of hydrogen-bond donors (Lipinski definition) is 1. The molecule has 0 saturated heterocycles. The Morgan fingerprint density at radius 1 is 1.38 bits per heavy atom. The molecular formula is C8H8BrO3P. The van der Waals surface area contributed by atoms with Crippen molar-refractivity contribution in [2.45, 2.75) is 5.85 Å². The van der Waals surface area contributed by atoms with Crippen LogP contribution in [-0.2, 0) is 0 Å². The summed E-state index contributed by atoms with van der Waals surface area (Å²) in [5, 5.41) is 9.37. The van der Waals surface area contributed by atoms with Crippen LogP contribution in [0.4, 0.5) is 0 Å². The summed E-state index contributed by atoms with van der Waals surface area (Å²) in [6.45, 7) is 0.248. The van der Waals surface area contributed by atoms with Crippen LogP contribution in [0, 0.1) is 0 Å². The van der Waals surface area contributed by atoms with Gasteiger partial charge in [-0.1, -0.05) is 15.9 Å². The van der Waals surface area contributed by atoms with E-state index in [-0.39, 0.29) is 6.79 Å². The van der Waals surface area contributed by atoms with Crippen LogP contribution >= 0.6 is 25.2 Å². The zero-order valence-electron chi connectivity index (χ0n) is 6.66. The van der Waals surface area contributed by atoms with E-state index in [0.29, 0.717) is 11.5 Å². The Balaban J connectivity index is 2.49. The van der Waals surface area contributed by atoms with Gasteiger partial charge in [0, 0.05) is 10.0 Å². The number of hydrogen-bond acceptors (Lipinski definition) is 3. The van der Waals surface area contributed by atoms with E-state index in [2.05, 4.69) is 25.2 Å². The van der Waals surface area contributed by atoms with Gasteiger partial charge < -0.3 is 14.6 Å². The standard InChI is InChI=1S/C8H8BrO3P/c9-5-2-7-6(11-3-12-7)1-4(5)8(10)13/h1-2,8,10H,3,13H2. The van der Waals surface area contributed by atoms with Crippen LogP contribution in [-0.4, -0.2) is 11.9 Å². The predicted octanol–water partition coefficient (Wildman–Crippen LogP) is 2.04. The summed E-state index contributed by atoms with van der Waals surface area (Å²) in [5.41, 5.74) is 0.772. The Hall–Kier alpha value is -0.310. The molecule has 70 valence electrons. The van der Waals surface area contributed by atoms with Crippen LogP contribution < -0.4 is 9.47 Å². The van der Waals surface area contributed by atoms with Gasteiger partial charge in [0.1, 0.15) is 0 Å². The van der Waals surface area contributed by atoms with Crippen LogP contribution in [0.15, 0.2) is 16.6 Å². The zero-order valence-corrected chi connectivity index (χ0v) is 9.40. The molecule has 0 aliphatic carbocycles. The molecule has 0 radical (unpaired) electrons. The maximum Gasteiger partial charge on any atom is 0.231 e. The molecule has 0 fully saturated rings. The molecule has 5 heteroatoms. The summed E-state index contributed by atoms with van der Waals surface area (Å²) >= 11 is 3.34.